The van der Waals surface area contributed by atoms with E-state index in [9.17, 15) is 8.42 Å². The Labute approximate surface area is 141 Å². The molecule has 0 unspecified atom stereocenters. The SMILES string of the molecule is Cl.O=S(=O)(c1cnn(-c2ccccc2)c1)N1C[C@H]2CNC[C@H]2C1. The van der Waals surface area contributed by atoms with E-state index in [-0.39, 0.29) is 17.3 Å². The number of sulfonamides is 1. The van der Waals surface area contributed by atoms with E-state index in [0.29, 0.717) is 24.9 Å². The van der Waals surface area contributed by atoms with Crippen molar-refractivity contribution < 1.29 is 8.42 Å². The van der Waals surface area contributed by atoms with Gasteiger partial charge in [-0.2, -0.15) is 9.40 Å². The van der Waals surface area contributed by atoms with Crippen LogP contribution < -0.4 is 5.32 Å². The average molecular weight is 355 g/mol. The quantitative estimate of drug-likeness (QED) is 0.897. The molecule has 8 heteroatoms. The zero-order chi connectivity index (χ0) is 15.2. The lowest BCUT2D eigenvalue weighted by atomic mass is 10.0. The maximum atomic E-state index is 12.8. The second kappa shape index (κ2) is 6.24. The molecular weight excluding hydrogens is 336 g/mol. The van der Waals surface area contributed by atoms with Gasteiger partial charge in [-0.1, -0.05) is 18.2 Å². The van der Waals surface area contributed by atoms with Gasteiger partial charge in [0.1, 0.15) is 4.90 Å². The third-order valence-corrected chi connectivity index (χ3v) is 6.36. The summed E-state index contributed by atoms with van der Waals surface area (Å²) in [6, 6.07) is 9.52. The predicted molar refractivity (Wildman–Crippen MR) is 89.4 cm³/mol. The molecule has 1 N–H and O–H groups in total. The minimum Gasteiger partial charge on any atom is -0.316 e. The van der Waals surface area contributed by atoms with E-state index in [1.54, 1.807) is 15.2 Å². The van der Waals surface area contributed by atoms with Gasteiger partial charge in [0.2, 0.25) is 10.0 Å². The summed E-state index contributed by atoms with van der Waals surface area (Å²) < 4.78 is 28.7. The van der Waals surface area contributed by atoms with E-state index in [1.165, 1.54) is 6.20 Å². The molecule has 4 rings (SSSR count). The summed E-state index contributed by atoms with van der Waals surface area (Å²) in [6.45, 7) is 3.05. The lowest BCUT2D eigenvalue weighted by Crippen LogP contribution is -2.31. The molecule has 23 heavy (non-hydrogen) atoms. The number of para-hydroxylation sites is 1. The predicted octanol–water partition coefficient (Wildman–Crippen LogP) is 1.13. The molecule has 2 aliphatic heterocycles. The van der Waals surface area contributed by atoms with Gasteiger partial charge < -0.3 is 5.32 Å². The van der Waals surface area contributed by atoms with Gasteiger partial charge in [-0.15, -0.1) is 12.4 Å². The fourth-order valence-corrected chi connectivity index (χ4v) is 4.81. The number of benzene rings is 1. The smallest absolute Gasteiger partial charge is 0.246 e. The van der Waals surface area contributed by atoms with Crippen molar-refractivity contribution in [3.05, 3.63) is 42.7 Å². The van der Waals surface area contributed by atoms with Crippen LogP contribution in [0.25, 0.3) is 5.69 Å². The van der Waals surface area contributed by atoms with Gasteiger partial charge in [0.15, 0.2) is 0 Å². The summed E-state index contributed by atoms with van der Waals surface area (Å²) in [5.74, 6) is 0.887. The highest BCUT2D eigenvalue weighted by Crippen LogP contribution is 2.30. The van der Waals surface area contributed by atoms with Crippen LogP contribution in [0.2, 0.25) is 0 Å². The molecule has 2 fully saturated rings. The van der Waals surface area contributed by atoms with Crippen molar-refractivity contribution in [3.8, 4) is 5.69 Å². The maximum Gasteiger partial charge on any atom is 0.246 e. The summed E-state index contributed by atoms with van der Waals surface area (Å²) in [5.41, 5.74) is 0.853. The fraction of sp³-hybridized carbons (Fsp3) is 0.400. The number of halogens is 1. The first-order chi connectivity index (χ1) is 10.6. The molecule has 2 saturated heterocycles. The Kier molecular flexibility index (Phi) is 4.46. The minimum absolute atomic E-state index is 0. The number of rotatable bonds is 3. The van der Waals surface area contributed by atoms with Crippen LogP contribution in [-0.4, -0.2) is 48.7 Å². The highest BCUT2D eigenvalue weighted by molar-refractivity contribution is 7.89. The van der Waals surface area contributed by atoms with Crippen LogP contribution in [0, 0.1) is 11.8 Å². The molecule has 2 aliphatic rings. The molecule has 0 amide bonds. The lowest BCUT2D eigenvalue weighted by molar-refractivity contribution is 0.448. The molecule has 6 nitrogen and oxygen atoms in total. The third kappa shape index (κ3) is 2.89. The summed E-state index contributed by atoms with van der Waals surface area (Å²) >= 11 is 0. The second-order valence-corrected chi connectivity index (χ2v) is 7.89. The van der Waals surface area contributed by atoms with Crippen molar-refractivity contribution >= 4 is 22.4 Å². The van der Waals surface area contributed by atoms with Crippen LogP contribution in [0.1, 0.15) is 0 Å². The van der Waals surface area contributed by atoms with Crippen LogP contribution in [0.4, 0.5) is 0 Å². The zero-order valence-corrected chi connectivity index (χ0v) is 14.1. The monoisotopic (exact) mass is 354 g/mol. The first-order valence-electron chi connectivity index (χ1n) is 7.45. The minimum atomic E-state index is -3.45. The van der Waals surface area contributed by atoms with Crippen molar-refractivity contribution in [2.75, 3.05) is 26.2 Å². The van der Waals surface area contributed by atoms with E-state index in [0.717, 1.165) is 18.8 Å². The Morgan fingerprint density at radius 3 is 2.39 bits per heavy atom. The van der Waals surface area contributed by atoms with Gasteiger partial charge in [0, 0.05) is 13.1 Å². The maximum absolute atomic E-state index is 12.8. The summed E-state index contributed by atoms with van der Waals surface area (Å²) in [4.78, 5) is 0.268. The molecule has 0 bridgehead atoms. The van der Waals surface area contributed by atoms with Gasteiger partial charge in [0.25, 0.3) is 0 Å². The Balaban J connectivity index is 0.00000156. The standard InChI is InChI=1S/C15H18N4O2S.ClH/c20-22(21,18-9-12-6-16-7-13(12)10-18)15-8-17-19(11-15)14-4-2-1-3-5-14;/h1-5,8,11-13,16H,6-7,9-10H2;1H/t12-,13+;. The van der Waals surface area contributed by atoms with E-state index in [2.05, 4.69) is 10.4 Å². The molecule has 1 aromatic carbocycles. The number of fused-ring (bicyclic) bond motifs is 1. The van der Waals surface area contributed by atoms with Gasteiger partial charge in [-0.3, -0.25) is 0 Å². The topological polar surface area (TPSA) is 67.2 Å². The number of hydrogen-bond donors (Lipinski definition) is 1. The molecule has 0 saturated carbocycles. The number of aromatic nitrogens is 2. The number of hydrogen-bond acceptors (Lipinski definition) is 4. The first-order valence-corrected chi connectivity index (χ1v) is 8.89. The highest BCUT2D eigenvalue weighted by atomic mass is 35.5. The van der Waals surface area contributed by atoms with Crippen molar-refractivity contribution in [2.24, 2.45) is 11.8 Å². The molecule has 1 aromatic heterocycles. The van der Waals surface area contributed by atoms with Crippen LogP contribution in [0.5, 0.6) is 0 Å². The molecular formula is C15H19ClN4O2S. The molecule has 0 radical (unpaired) electrons. The Hall–Kier alpha value is -1.41. The zero-order valence-electron chi connectivity index (χ0n) is 12.5. The molecule has 0 aliphatic carbocycles. The van der Waals surface area contributed by atoms with Gasteiger partial charge in [-0.25, -0.2) is 13.1 Å². The second-order valence-electron chi connectivity index (χ2n) is 5.96. The Morgan fingerprint density at radius 2 is 1.74 bits per heavy atom. The molecule has 124 valence electrons. The van der Waals surface area contributed by atoms with Crippen molar-refractivity contribution in [2.45, 2.75) is 4.90 Å². The van der Waals surface area contributed by atoms with Crippen molar-refractivity contribution in [1.82, 2.24) is 19.4 Å². The third-order valence-electron chi connectivity index (χ3n) is 4.57. The van der Waals surface area contributed by atoms with E-state index in [4.69, 9.17) is 0 Å². The molecule has 2 aromatic rings. The normalized spacial score (nSPS) is 24.3. The van der Waals surface area contributed by atoms with Crippen molar-refractivity contribution in [1.29, 1.82) is 0 Å². The van der Waals surface area contributed by atoms with Gasteiger partial charge in [-0.05, 0) is 37.1 Å². The van der Waals surface area contributed by atoms with Crippen LogP contribution in [0.15, 0.2) is 47.6 Å². The lowest BCUT2D eigenvalue weighted by Gasteiger charge is -2.15. The number of nitrogens with one attached hydrogen (secondary N) is 1. The highest BCUT2D eigenvalue weighted by Gasteiger charge is 2.41. The van der Waals surface area contributed by atoms with E-state index >= 15 is 0 Å². The summed E-state index contributed by atoms with van der Waals surface area (Å²) in [6.07, 6.45) is 3.03. The molecule has 0 spiro atoms. The molecule has 2 atom stereocenters. The van der Waals surface area contributed by atoms with E-state index < -0.39 is 10.0 Å². The van der Waals surface area contributed by atoms with E-state index in [1.807, 2.05) is 30.3 Å². The van der Waals surface area contributed by atoms with Crippen molar-refractivity contribution in [3.63, 3.8) is 0 Å². The Morgan fingerprint density at radius 1 is 1.09 bits per heavy atom. The summed E-state index contributed by atoms with van der Waals surface area (Å²) in [7, 11) is -3.45. The average Bonchev–Trinajstić information content (AvgIpc) is 3.23. The summed E-state index contributed by atoms with van der Waals surface area (Å²) in [5, 5.41) is 7.52. The largest absolute Gasteiger partial charge is 0.316 e. The van der Waals surface area contributed by atoms with Gasteiger partial charge >= 0.3 is 0 Å². The van der Waals surface area contributed by atoms with Crippen LogP contribution in [-0.2, 0) is 10.0 Å². The Bertz CT molecular complexity index is 766. The first kappa shape index (κ1) is 16.4. The fourth-order valence-electron chi connectivity index (χ4n) is 3.32. The molecule has 3 heterocycles. The van der Waals surface area contributed by atoms with Gasteiger partial charge in [0.05, 0.1) is 18.1 Å². The van der Waals surface area contributed by atoms with Crippen LogP contribution in [0.3, 0.4) is 0 Å². The van der Waals surface area contributed by atoms with Crippen LogP contribution >= 0.6 is 12.4 Å². The number of nitrogens with zero attached hydrogens (tertiary/aromatic N) is 3.